The van der Waals surface area contributed by atoms with E-state index in [-0.39, 0.29) is 0 Å². The maximum atomic E-state index is 5.08. The second kappa shape index (κ2) is 6.32. The molecule has 0 unspecified atom stereocenters. The number of pyridine rings is 1. The van der Waals surface area contributed by atoms with Crippen molar-refractivity contribution < 1.29 is 4.52 Å². The van der Waals surface area contributed by atoms with E-state index < -0.39 is 0 Å². The SMILES string of the molecule is Cc1noc(CCNCc2ccc(Br)c3cccnc23)n1. The van der Waals surface area contributed by atoms with Crippen LogP contribution in [-0.2, 0) is 13.0 Å². The molecule has 0 spiro atoms. The van der Waals surface area contributed by atoms with E-state index in [0.717, 1.165) is 34.9 Å². The van der Waals surface area contributed by atoms with Gasteiger partial charge in [-0.2, -0.15) is 4.98 Å². The van der Waals surface area contributed by atoms with Crippen molar-refractivity contribution in [3.05, 3.63) is 52.2 Å². The van der Waals surface area contributed by atoms with Crippen LogP contribution in [0.2, 0.25) is 0 Å². The van der Waals surface area contributed by atoms with E-state index in [1.54, 1.807) is 0 Å². The van der Waals surface area contributed by atoms with E-state index in [9.17, 15) is 0 Å². The van der Waals surface area contributed by atoms with Gasteiger partial charge < -0.3 is 9.84 Å². The van der Waals surface area contributed by atoms with Crippen molar-refractivity contribution in [2.24, 2.45) is 0 Å². The molecule has 2 aromatic heterocycles. The minimum absolute atomic E-state index is 0.666. The van der Waals surface area contributed by atoms with Crippen LogP contribution in [0.25, 0.3) is 10.9 Å². The Balaban J connectivity index is 1.64. The zero-order valence-electron chi connectivity index (χ0n) is 11.6. The van der Waals surface area contributed by atoms with Crippen LogP contribution in [0.15, 0.2) is 39.5 Å². The summed E-state index contributed by atoms with van der Waals surface area (Å²) in [5.74, 6) is 1.34. The average Bonchev–Trinajstić information content (AvgIpc) is 2.91. The van der Waals surface area contributed by atoms with Gasteiger partial charge in [-0.3, -0.25) is 4.98 Å². The minimum atomic E-state index is 0.666. The summed E-state index contributed by atoms with van der Waals surface area (Å²) >= 11 is 3.56. The monoisotopic (exact) mass is 346 g/mol. The van der Waals surface area contributed by atoms with Gasteiger partial charge in [0, 0.05) is 35.6 Å². The Hall–Kier alpha value is -1.79. The minimum Gasteiger partial charge on any atom is -0.339 e. The number of aromatic nitrogens is 3. The number of hydrogen-bond donors (Lipinski definition) is 1. The second-order valence-electron chi connectivity index (χ2n) is 4.77. The number of nitrogens with zero attached hydrogens (tertiary/aromatic N) is 3. The highest BCUT2D eigenvalue weighted by molar-refractivity contribution is 9.10. The van der Waals surface area contributed by atoms with Crippen LogP contribution in [0.4, 0.5) is 0 Å². The van der Waals surface area contributed by atoms with Gasteiger partial charge in [-0.25, -0.2) is 0 Å². The molecule has 0 atom stereocenters. The molecule has 6 heteroatoms. The molecule has 0 saturated carbocycles. The normalized spacial score (nSPS) is 11.1. The number of halogens is 1. The molecule has 1 aromatic carbocycles. The quantitative estimate of drug-likeness (QED) is 0.719. The number of fused-ring (bicyclic) bond motifs is 1. The largest absolute Gasteiger partial charge is 0.339 e. The van der Waals surface area contributed by atoms with Crippen LogP contribution in [0, 0.1) is 6.92 Å². The fraction of sp³-hybridized carbons (Fsp3) is 0.267. The molecule has 0 radical (unpaired) electrons. The molecular formula is C15H15BrN4O. The summed E-state index contributed by atoms with van der Waals surface area (Å²) in [5.41, 5.74) is 2.20. The Morgan fingerprint density at radius 3 is 3.00 bits per heavy atom. The van der Waals surface area contributed by atoms with E-state index in [4.69, 9.17) is 4.52 Å². The van der Waals surface area contributed by atoms with E-state index in [1.165, 1.54) is 5.56 Å². The summed E-state index contributed by atoms with van der Waals surface area (Å²) in [7, 11) is 0. The number of hydrogen-bond acceptors (Lipinski definition) is 5. The lowest BCUT2D eigenvalue weighted by Gasteiger charge is -2.08. The van der Waals surface area contributed by atoms with Gasteiger partial charge >= 0.3 is 0 Å². The molecule has 0 saturated heterocycles. The maximum Gasteiger partial charge on any atom is 0.227 e. The molecule has 3 rings (SSSR count). The number of benzene rings is 1. The van der Waals surface area contributed by atoms with Gasteiger partial charge in [0.15, 0.2) is 5.82 Å². The molecule has 0 aliphatic rings. The van der Waals surface area contributed by atoms with E-state index in [2.05, 4.69) is 54.6 Å². The Bertz CT molecular complexity index is 756. The van der Waals surface area contributed by atoms with Gasteiger partial charge in [-0.1, -0.05) is 33.2 Å². The highest BCUT2D eigenvalue weighted by atomic mass is 79.9. The highest BCUT2D eigenvalue weighted by Gasteiger charge is 2.06. The molecule has 2 heterocycles. The predicted octanol–water partition coefficient (Wildman–Crippen LogP) is 3.02. The summed E-state index contributed by atoms with van der Waals surface area (Å²) in [4.78, 5) is 8.65. The smallest absolute Gasteiger partial charge is 0.227 e. The molecule has 1 N–H and O–H groups in total. The van der Waals surface area contributed by atoms with Crippen LogP contribution in [0.5, 0.6) is 0 Å². The first kappa shape index (κ1) is 14.2. The Morgan fingerprint density at radius 2 is 2.19 bits per heavy atom. The molecule has 3 aromatic rings. The molecule has 0 aliphatic carbocycles. The maximum absolute atomic E-state index is 5.08. The lowest BCUT2D eigenvalue weighted by Crippen LogP contribution is -2.17. The molecule has 0 fully saturated rings. The molecule has 5 nitrogen and oxygen atoms in total. The molecule has 21 heavy (non-hydrogen) atoms. The van der Waals surface area contributed by atoms with Crippen LogP contribution < -0.4 is 5.32 Å². The standard InChI is InChI=1S/C15H15BrN4O/c1-10-19-14(21-20-10)6-8-17-9-11-4-5-13(16)12-3-2-7-18-15(11)12/h2-5,7,17H,6,8-9H2,1H3. The Labute approximate surface area is 130 Å². The average molecular weight is 347 g/mol. The van der Waals surface area contributed by atoms with E-state index in [1.807, 2.05) is 19.2 Å². The molecule has 0 amide bonds. The Morgan fingerprint density at radius 1 is 1.29 bits per heavy atom. The van der Waals surface area contributed by atoms with Gasteiger partial charge in [-0.15, -0.1) is 0 Å². The Kier molecular flexibility index (Phi) is 4.26. The van der Waals surface area contributed by atoms with Gasteiger partial charge in [0.1, 0.15) is 0 Å². The van der Waals surface area contributed by atoms with Gasteiger partial charge in [0.25, 0.3) is 0 Å². The first-order valence-electron chi connectivity index (χ1n) is 6.76. The first-order valence-corrected chi connectivity index (χ1v) is 7.55. The summed E-state index contributed by atoms with van der Waals surface area (Å²) in [6.07, 6.45) is 2.54. The zero-order chi connectivity index (χ0) is 14.7. The second-order valence-corrected chi connectivity index (χ2v) is 5.62. The fourth-order valence-corrected chi connectivity index (χ4v) is 2.65. The summed E-state index contributed by atoms with van der Waals surface area (Å²) in [5, 5.41) is 8.29. The topological polar surface area (TPSA) is 63.8 Å². The number of rotatable bonds is 5. The summed E-state index contributed by atoms with van der Waals surface area (Å²) < 4.78 is 6.15. The van der Waals surface area contributed by atoms with Gasteiger partial charge in [0.2, 0.25) is 5.89 Å². The molecule has 0 bridgehead atoms. The van der Waals surface area contributed by atoms with Crippen molar-refractivity contribution in [1.82, 2.24) is 20.4 Å². The third-order valence-electron chi connectivity index (χ3n) is 3.20. The number of aryl methyl sites for hydroxylation is 1. The van der Waals surface area contributed by atoms with Crippen LogP contribution in [0.1, 0.15) is 17.3 Å². The van der Waals surface area contributed by atoms with Gasteiger partial charge in [-0.05, 0) is 24.6 Å². The van der Waals surface area contributed by atoms with Crippen LogP contribution >= 0.6 is 15.9 Å². The molecular weight excluding hydrogens is 332 g/mol. The highest BCUT2D eigenvalue weighted by Crippen LogP contribution is 2.25. The van der Waals surface area contributed by atoms with Crippen molar-refractivity contribution in [3.8, 4) is 0 Å². The lowest BCUT2D eigenvalue weighted by molar-refractivity contribution is 0.372. The zero-order valence-corrected chi connectivity index (χ0v) is 13.2. The number of nitrogens with one attached hydrogen (secondary N) is 1. The van der Waals surface area contributed by atoms with Crippen LogP contribution in [-0.4, -0.2) is 21.7 Å². The van der Waals surface area contributed by atoms with Crippen molar-refractivity contribution in [2.75, 3.05) is 6.54 Å². The third-order valence-corrected chi connectivity index (χ3v) is 3.89. The fourth-order valence-electron chi connectivity index (χ4n) is 2.20. The third kappa shape index (κ3) is 3.28. The van der Waals surface area contributed by atoms with Gasteiger partial charge in [0.05, 0.1) is 5.52 Å². The predicted molar refractivity (Wildman–Crippen MR) is 83.9 cm³/mol. The van der Waals surface area contributed by atoms with E-state index >= 15 is 0 Å². The summed E-state index contributed by atoms with van der Waals surface area (Å²) in [6, 6.07) is 8.16. The van der Waals surface area contributed by atoms with Crippen molar-refractivity contribution in [1.29, 1.82) is 0 Å². The van der Waals surface area contributed by atoms with Crippen LogP contribution in [0.3, 0.4) is 0 Å². The van der Waals surface area contributed by atoms with Crippen molar-refractivity contribution in [3.63, 3.8) is 0 Å². The first-order chi connectivity index (χ1) is 10.2. The summed E-state index contributed by atoms with van der Waals surface area (Å²) in [6.45, 7) is 3.36. The lowest BCUT2D eigenvalue weighted by atomic mass is 10.1. The van der Waals surface area contributed by atoms with Crippen molar-refractivity contribution >= 4 is 26.8 Å². The molecule has 108 valence electrons. The van der Waals surface area contributed by atoms with E-state index in [0.29, 0.717) is 11.7 Å². The molecule has 0 aliphatic heterocycles. The van der Waals surface area contributed by atoms with Crippen molar-refractivity contribution in [2.45, 2.75) is 19.9 Å².